The first kappa shape index (κ1) is 9.36. The second-order valence-corrected chi connectivity index (χ2v) is 3.20. The minimum atomic E-state index is 0.0598. The summed E-state index contributed by atoms with van der Waals surface area (Å²) in [6, 6.07) is 5.58. The normalized spacial score (nSPS) is 12.9. The summed E-state index contributed by atoms with van der Waals surface area (Å²) in [6.07, 6.45) is 0.904. The van der Waals surface area contributed by atoms with E-state index in [1.807, 2.05) is 19.1 Å². The maximum absolute atomic E-state index is 5.81. The van der Waals surface area contributed by atoms with Crippen molar-refractivity contribution in [3.05, 3.63) is 28.8 Å². The molecule has 1 aromatic rings. The Morgan fingerprint density at radius 1 is 1.50 bits per heavy atom. The number of halogens is 1. The van der Waals surface area contributed by atoms with Crippen molar-refractivity contribution in [2.45, 2.75) is 19.4 Å². The van der Waals surface area contributed by atoms with Gasteiger partial charge in [0.05, 0.1) is 10.7 Å². The number of nitrogen functional groups attached to an aromatic ring is 1. The first-order valence-electron chi connectivity index (χ1n) is 3.95. The molecule has 0 fully saturated rings. The van der Waals surface area contributed by atoms with Gasteiger partial charge in [0.15, 0.2) is 0 Å². The summed E-state index contributed by atoms with van der Waals surface area (Å²) in [4.78, 5) is 0. The zero-order valence-corrected chi connectivity index (χ0v) is 7.81. The van der Waals surface area contributed by atoms with E-state index in [4.69, 9.17) is 23.1 Å². The highest BCUT2D eigenvalue weighted by atomic mass is 35.5. The molecule has 1 rings (SSSR count). The van der Waals surface area contributed by atoms with Gasteiger partial charge in [-0.15, -0.1) is 0 Å². The quantitative estimate of drug-likeness (QED) is 0.694. The highest BCUT2D eigenvalue weighted by Crippen LogP contribution is 2.23. The van der Waals surface area contributed by atoms with E-state index in [-0.39, 0.29) is 6.04 Å². The van der Waals surface area contributed by atoms with Gasteiger partial charge in [0.2, 0.25) is 0 Å². The summed E-state index contributed by atoms with van der Waals surface area (Å²) in [5.41, 5.74) is 13.1. The SMILES string of the molecule is CCC(N)c1ccc(Cl)c(N)c1. The molecule has 1 aromatic carbocycles. The van der Waals surface area contributed by atoms with Gasteiger partial charge in [-0.3, -0.25) is 0 Å². The Bertz CT molecular complexity index is 273. The molecule has 3 heteroatoms. The van der Waals surface area contributed by atoms with E-state index in [1.54, 1.807) is 6.07 Å². The molecule has 66 valence electrons. The summed E-state index contributed by atoms with van der Waals surface area (Å²) >= 11 is 5.76. The van der Waals surface area contributed by atoms with E-state index < -0.39 is 0 Å². The lowest BCUT2D eigenvalue weighted by molar-refractivity contribution is 0.699. The van der Waals surface area contributed by atoms with E-state index >= 15 is 0 Å². The van der Waals surface area contributed by atoms with E-state index in [0.717, 1.165) is 12.0 Å². The summed E-state index contributed by atoms with van der Waals surface area (Å²) in [5, 5.41) is 0.585. The van der Waals surface area contributed by atoms with E-state index in [9.17, 15) is 0 Å². The zero-order chi connectivity index (χ0) is 9.14. The fraction of sp³-hybridized carbons (Fsp3) is 0.333. The Kier molecular flexibility index (Phi) is 2.95. The van der Waals surface area contributed by atoms with Crippen LogP contribution in [0.3, 0.4) is 0 Å². The van der Waals surface area contributed by atoms with E-state index in [2.05, 4.69) is 0 Å². The second kappa shape index (κ2) is 3.78. The highest BCUT2D eigenvalue weighted by Gasteiger charge is 2.04. The van der Waals surface area contributed by atoms with Crippen LogP contribution in [0.5, 0.6) is 0 Å². The minimum absolute atomic E-state index is 0.0598. The fourth-order valence-electron chi connectivity index (χ4n) is 1.03. The van der Waals surface area contributed by atoms with Crippen molar-refractivity contribution in [3.63, 3.8) is 0 Å². The van der Waals surface area contributed by atoms with Crippen molar-refractivity contribution < 1.29 is 0 Å². The second-order valence-electron chi connectivity index (χ2n) is 2.80. The molecule has 2 nitrogen and oxygen atoms in total. The number of rotatable bonds is 2. The number of anilines is 1. The molecule has 0 spiro atoms. The standard InChI is InChI=1S/C9H13ClN2/c1-2-8(11)6-3-4-7(10)9(12)5-6/h3-5,8H,2,11-12H2,1H3. The zero-order valence-electron chi connectivity index (χ0n) is 7.05. The van der Waals surface area contributed by atoms with Crippen LogP contribution in [-0.2, 0) is 0 Å². The van der Waals surface area contributed by atoms with Crippen molar-refractivity contribution in [1.29, 1.82) is 0 Å². The third-order valence-electron chi connectivity index (χ3n) is 1.89. The van der Waals surface area contributed by atoms with Crippen molar-refractivity contribution in [3.8, 4) is 0 Å². The Morgan fingerprint density at radius 2 is 2.17 bits per heavy atom. The average molecular weight is 185 g/mol. The molecule has 0 radical (unpaired) electrons. The maximum Gasteiger partial charge on any atom is 0.0635 e. The van der Waals surface area contributed by atoms with Crippen molar-refractivity contribution in [2.24, 2.45) is 5.73 Å². The van der Waals surface area contributed by atoms with Crippen LogP contribution in [0.1, 0.15) is 24.9 Å². The first-order valence-corrected chi connectivity index (χ1v) is 4.33. The van der Waals surface area contributed by atoms with Gasteiger partial charge in [0.1, 0.15) is 0 Å². The van der Waals surface area contributed by atoms with Gasteiger partial charge in [-0.05, 0) is 24.1 Å². The number of nitrogens with two attached hydrogens (primary N) is 2. The van der Waals surface area contributed by atoms with Crippen LogP contribution in [0, 0.1) is 0 Å². The van der Waals surface area contributed by atoms with Gasteiger partial charge in [0.25, 0.3) is 0 Å². The molecule has 0 amide bonds. The van der Waals surface area contributed by atoms with Crippen LogP contribution in [-0.4, -0.2) is 0 Å². The average Bonchev–Trinajstić information content (AvgIpc) is 2.08. The van der Waals surface area contributed by atoms with E-state index in [1.165, 1.54) is 0 Å². The van der Waals surface area contributed by atoms with Crippen LogP contribution >= 0.6 is 11.6 Å². The van der Waals surface area contributed by atoms with Gasteiger partial charge in [0, 0.05) is 6.04 Å². The van der Waals surface area contributed by atoms with Crippen LogP contribution in [0.2, 0.25) is 5.02 Å². The lowest BCUT2D eigenvalue weighted by Crippen LogP contribution is -2.08. The molecule has 0 aliphatic rings. The van der Waals surface area contributed by atoms with Crippen LogP contribution in [0.4, 0.5) is 5.69 Å². The van der Waals surface area contributed by atoms with Gasteiger partial charge in [-0.25, -0.2) is 0 Å². The Hall–Kier alpha value is -0.730. The Labute approximate surface area is 77.5 Å². The predicted octanol–water partition coefficient (Wildman–Crippen LogP) is 2.33. The molecule has 0 heterocycles. The smallest absolute Gasteiger partial charge is 0.0635 e. The Morgan fingerprint density at radius 3 is 2.67 bits per heavy atom. The topological polar surface area (TPSA) is 52.0 Å². The van der Waals surface area contributed by atoms with Crippen LogP contribution in [0.25, 0.3) is 0 Å². The fourth-order valence-corrected chi connectivity index (χ4v) is 1.15. The number of hydrogen-bond acceptors (Lipinski definition) is 2. The van der Waals surface area contributed by atoms with Crippen LogP contribution in [0.15, 0.2) is 18.2 Å². The van der Waals surface area contributed by atoms with E-state index in [0.29, 0.717) is 10.7 Å². The predicted molar refractivity (Wildman–Crippen MR) is 53.1 cm³/mol. The van der Waals surface area contributed by atoms with Crippen molar-refractivity contribution in [1.82, 2.24) is 0 Å². The molecule has 0 aromatic heterocycles. The first-order chi connectivity index (χ1) is 5.65. The van der Waals surface area contributed by atoms with Crippen LogP contribution < -0.4 is 11.5 Å². The molecule has 0 bridgehead atoms. The lowest BCUT2D eigenvalue weighted by atomic mass is 10.1. The molecular weight excluding hydrogens is 172 g/mol. The van der Waals surface area contributed by atoms with Crippen molar-refractivity contribution >= 4 is 17.3 Å². The summed E-state index contributed by atoms with van der Waals surface area (Å²) in [7, 11) is 0. The molecule has 1 atom stereocenters. The highest BCUT2D eigenvalue weighted by molar-refractivity contribution is 6.33. The summed E-state index contributed by atoms with van der Waals surface area (Å²) in [6.45, 7) is 2.04. The third-order valence-corrected chi connectivity index (χ3v) is 2.23. The van der Waals surface area contributed by atoms with Gasteiger partial charge < -0.3 is 11.5 Å². The molecule has 4 N–H and O–H groups in total. The molecule has 0 saturated heterocycles. The molecule has 1 unspecified atom stereocenters. The molecule has 0 saturated carbocycles. The number of hydrogen-bond donors (Lipinski definition) is 2. The third kappa shape index (κ3) is 1.90. The largest absolute Gasteiger partial charge is 0.398 e. The monoisotopic (exact) mass is 184 g/mol. The molecule has 0 aliphatic heterocycles. The van der Waals surface area contributed by atoms with Gasteiger partial charge >= 0.3 is 0 Å². The summed E-state index contributed by atoms with van der Waals surface area (Å²) in [5.74, 6) is 0. The van der Waals surface area contributed by atoms with Crippen molar-refractivity contribution in [2.75, 3.05) is 5.73 Å². The maximum atomic E-state index is 5.81. The molecule has 12 heavy (non-hydrogen) atoms. The minimum Gasteiger partial charge on any atom is -0.398 e. The van der Waals surface area contributed by atoms with Gasteiger partial charge in [-0.1, -0.05) is 24.6 Å². The number of benzene rings is 1. The summed E-state index contributed by atoms with van der Waals surface area (Å²) < 4.78 is 0. The lowest BCUT2D eigenvalue weighted by Gasteiger charge is -2.09. The Balaban J connectivity index is 2.96. The van der Waals surface area contributed by atoms with Gasteiger partial charge in [-0.2, -0.15) is 0 Å². The molecule has 0 aliphatic carbocycles. The molecular formula is C9H13ClN2.